The monoisotopic (exact) mass is 373 g/mol. The van der Waals surface area contributed by atoms with Gasteiger partial charge in [0.2, 0.25) is 0 Å². The van der Waals surface area contributed by atoms with Crippen LogP contribution in [0.25, 0.3) is 0 Å². The molecule has 1 aliphatic rings. The largest absolute Gasteiger partial charge is 0.368 e. The molecule has 0 saturated carbocycles. The van der Waals surface area contributed by atoms with Gasteiger partial charge in [-0.05, 0) is 43.7 Å². The number of benzene rings is 1. The molecule has 0 bridgehead atoms. The van der Waals surface area contributed by atoms with Gasteiger partial charge in [0.15, 0.2) is 5.69 Å². The SMILES string of the molecule is CCC(C)Nc1ccc(C(=O)N2CCN(c3cccc(Cl)c3)CC2)nn1. The van der Waals surface area contributed by atoms with Gasteiger partial charge in [-0.1, -0.05) is 24.6 Å². The third-order valence-electron chi connectivity index (χ3n) is 4.63. The first-order valence-corrected chi connectivity index (χ1v) is 9.34. The van der Waals surface area contributed by atoms with E-state index in [1.165, 1.54) is 0 Å². The Labute approximate surface area is 159 Å². The van der Waals surface area contributed by atoms with Crippen molar-refractivity contribution in [1.82, 2.24) is 15.1 Å². The van der Waals surface area contributed by atoms with Crippen molar-refractivity contribution in [3.05, 3.63) is 47.1 Å². The number of piperazine rings is 1. The highest BCUT2D eigenvalue weighted by atomic mass is 35.5. The fourth-order valence-electron chi connectivity index (χ4n) is 2.88. The lowest BCUT2D eigenvalue weighted by Crippen LogP contribution is -2.49. The van der Waals surface area contributed by atoms with Gasteiger partial charge in [0.1, 0.15) is 5.82 Å². The van der Waals surface area contributed by atoms with Crippen molar-refractivity contribution in [2.75, 3.05) is 36.4 Å². The third kappa shape index (κ3) is 4.43. The Kier molecular flexibility index (Phi) is 5.93. The number of nitrogens with one attached hydrogen (secondary N) is 1. The minimum atomic E-state index is -0.0710. The molecule has 1 aromatic carbocycles. The molecule has 1 unspecified atom stereocenters. The lowest BCUT2D eigenvalue weighted by molar-refractivity contribution is 0.0739. The molecular formula is C19H24ClN5O. The van der Waals surface area contributed by atoms with E-state index in [1.54, 1.807) is 6.07 Å². The van der Waals surface area contributed by atoms with Crippen molar-refractivity contribution in [2.45, 2.75) is 26.3 Å². The van der Waals surface area contributed by atoms with Crippen LogP contribution in [0.5, 0.6) is 0 Å². The van der Waals surface area contributed by atoms with Crippen molar-refractivity contribution in [1.29, 1.82) is 0 Å². The Balaban J connectivity index is 1.58. The zero-order valence-corrected chi connectivity index (χ0v) is 15.9. The molecule has 1 aliphatic heterocycles. The van der Waals surface area contributed by atoms with Crippen LogP contribution in [0.3, 0.4) is 0 Å². The van der Waals surface area contributed by atoms with Gasteiger partial charge in [0.05, 0.1) is 0 Å². The number of halogens is 1. The van der Waals surface area contributed by atoms with Crippen LogP contribution in [0, 0.1) is 0 Å². The van der Waals surface area contributed by atoms with E-state index in [9.17, 15) is 4.79 Å². The fraction of sp³-hybridized carbons (Fsp3) is 0.421. The van der Waals surface area contributed by atoms with E-state index < -0.39 is 0 Å². The van der Waals surface area contributed by atoms with Crippen LogP contribution in [0.15, 0.2) is 36.4 Å². The molecular weight excluding hydrogens is 350 g/mol. The average Bonchev–Trinajstić information content (AvgIpc) is 2.68. The number of carbonyl (C=O) groups is 1. The summed E-state index contributed by atoms with van der Waals surface area (Å²) >= 11 is 6.07. The summed E-state index contributed by atoms with van der Waals surface area (Å²) < 4.78 is 0. The molecule has 0 radical (unpaired) electrons. The topological polar surface area (TPSA) is 61.4 Å². The van der Waals surface area contributed by atoms with E-state index >= 15 is 0 Å². The maximum Gasteiger partial charge on any atom is 0.274 e. The lowest BCUT2D eigenvalue weighted by Gasteiger charge is -2.36. The summed E-state index contributed by atoms with van der Waals surface area (Å²) in [5.41, 5.74) is 1.47. The normalized spacial score (nSPS) is 15.7. The minimum Gasteiger partial charge on any atom is -0.368 e. The molecule has 1 saturated heterocycles. The van der Waals surface area contributed by atoms with Crippen LogP contribution in [-0.2, 0) is 0 Å². The number of amides is 1. The van der Waals surface area contributed by atoms with Gasteiger partial charge in [0, 0.05) is 42.9 Å². The number of hydrogen-bond donors (Lipinski definition) is 1. The van der Waals surface area contributed by atoms with Crippen molar-refractivity contribution < 1.29 is 4.79 Å². The second kappa shape index (κ2) is 8.36. The quantitative estimate of drug-likeness (QED) is 0.871. The maximum atomic E-state index is 12.7. The molecule has 1 atom stereocenters. The Bertz CT molecular complexity index is 744. The summed E-state index contributed by atoms with van der Waals surface area (Å²) in [6.45, 7) is 7.03. The van der Waals surface area contributed by atoms with E-state index in [1.807, 2.05) is 35.2 Å². The third-order valence-corrected chi connectivity index (χ3v) is 4.87. The van der Waals surface area contributed by atoms with Crippen molar-refractivity contribution in [3.63, 3.8) is 0 Å². The van der Waals surface area contributed by atoms with Crippen molar-refractivity contribution in [2.24, 2.45) is 0 Å². The Morgan fingerprint density at radius 2 is 1.96 bits per heavy atom. The molecule has 2 heterocycles. The number of carbonyl (C=O) groups excluding carboxylic acids is 1. The van der Waals surface area contributed by atoms with Gasteiger partial charge in [-0.2, -0.15) is 0 Å². The van der Waals surface area contributed by atoms with E-state index in [0.717, 1.165) is 30.2 Å². The van der Waals surface area contributed by atoms with Crippen LogP contribution < -0.4 is 10.2 Å². The Morgan fingerprint density at radius 1 is 1.19 bits per heavy atom. The predicted molar refractivity (Wildman–Crippen MR) is 105 cm³/mol. The lowest BCUT2D eigenvalue weighted by atomic mass is 10.2. The van der Waals surface area contributed by atoms with Crippen LogP contribution in [-0.4, -0.2) is 53.2 Å². The summed E-state index contributed by atoms with van der Waals surface area (Å²) in [6.07, 6.45) is 0.999. The van der Waals surface area contributed by atoms with Gasteiger partial charge in [0.25, 0.3) is 5.91 Å². The first-order valence-electron chi connectivity index (χ1n) is 8.97. The van der Waals surface area contributed by atoms with Gasteiger partial charge in [-0.25, -0.2) is 0 Å². The molecule has 7 heteroatoms. The average molecular weight is 374 g/mol. The number of hydrogen-bond acceptors (Lipinski definition) is 5. The molecule has 3 rings (SSSR count). The van der Waals surface area contributed by atoms with E-state index in [-0.39, 0.29) is 5.91 Å². The molecule has 1 aromatic heterocycles. The number of rotatable bonds is 5. The van der Waals surface area contributed by atoms with Crippen LogP contribution >= 0.6 is 11.6 Å². The summed E-state index contributed by atoms with van der Waals surface area (Å²) in [6, 6.07) is 11.7. The molecule has 0 aliphatic carbocycles. The van der Waals surface area contributed by atoms with Crippen molar-refractivity contribution >= 4 is 29.0 Å². The van der Waals surface area contributed by atoms with Gasteiger partial charge in [-0.3, -0.25) is 4.79 Å². The maximum absolute atomic E-state index is 12.7. The van der Waals surface area contributed by atoms with E-state index in [2.05, 4.69) is 34.3 Å². The number of anilines is 2. The minimum absolute atomic E-state index is 0.0710. The smallest absolute Gasteiger partial charge is 0.274 e. The second-order valence-electron chi connectivity index (χ2n) is 6.52. The van der Waals surface area contributed by atoms with E-state index in [0.29, 0.717) is 30.6 Å². The molecule has 2 aromatic rings. The molecule has 0 spiro atoms. The van der Waals surface area contributed by atoms with Crippen molar-refractivity contribution in [3.8, 4) is 0 Å². The Hall–Kier alpha value is -2.34. The molecule has 138 valence electrons. The van der Waals surface area contributed by atoms with Gasteiger partial charge in [-0.15, -0.1) is 10.2 Å². The summed E-state index contributed by atoms with van der Waals surface area (Å²) in [5.74, 6) is 0.625. The van der Waals surface area contributed by atoms with Gasteiger partial charge < -0.3 is 15.1 Å². The molecule has 1 fully saturated rings. The highest BCUT2D eigenvalue weighted by Gasteiger charge is 2.23. The zero-order chi connectivity index (χ0) is 18.5. The summed E-state index contributed by atoms with van der Waals surface area (Å²) in [7, 11) is 0. The van der Waals surface area contributed by atoms with Crippen LogP contribution in [0.4, 0.5) is 11.5 Å². The summed E-state index contributed by atoms with van der Waals surface area (Å²) in [4.78, 5) is 16.7. The zero-order valence-electron chi connectivity index (χ0n) is 15.2. The fourth-order valence-corrected chi connectivity index (χ4v) is 3.06. The highest BCUT2D eigenvalue weighted by Crippen LogP contribution is 2.21. The second-order valence-corrected chi connectivity index (χ2v) is 6.95. The molecule has 26 heavy (non-hydrogen) atoms. The van der Waals surface area contributed by atoms with E-state index in [4.69, 9.17) is 11.6 Å². The molecule has 1 N–H and O–H groups in total. The standard InChI is InChI=1S/C19H24ClN5O/c1-3-14(2)21-18-8-7-17(22-23-18)19(26)25-11-9-24(10-12-25)16-6-4-5-15(20)13-16/h4-8,13-14H,3,9-12H2,1-2H3,(H,21,23). The summed E-state index contributed by atoms with van der Waals surface area (Å²) in [5, 5.41) is 12.2. The van der Waals surface area contributed by atoms with Crippen LogP contribution in [0.1, 0.15) is 30.8 Å². The first-order chi connectivity index (χ1) is 12.6. The highest BCUT2D eigenvalue weighted by molar-refractivity contribution is 6.30. The van der Waals surface area contributed by atoms with Crippen LogP contribution in [0.2, 0.25) is 5.02 Å². The number of nitrogens with zero attached hydrogens (tertiary/aromatic N) is 4. The molecule has 6 nitrogen and oxygen atoms in total. The Morgan fingerprint density at radius 3 is 2.58 bits per heavy atom. The molecule has 1 amide bonds. The van der Waals surface area contributed by atoms with Gasteiger partial charge >= 0.3 is 0 Å². The number of aromatic nitrogens is 2. The predicted octanol–water partition coefficient (Wildman–Crippen LogP) is 3.30. The first kappa shape index (κ1) is 18.5.